The van der Waals surface area contributed by atoms with Gasteiger partial charge in [0, 0.05) is 10.3 Å². The van der Waals surface area contributed by atoms with Gasteiger partial charge in [-0.1, -0.05) is 48.2 Å². The molecule has 3 aromatic carbocycles. The molecule has 1 aliphatic rings. The number of ether oxygens (including phenoxy) is 1. The Bertz CT molecular complexity index is 1000. The summed E-state index contributed by atoms with van der Waals surface area (Å²) >= 11 is 1.39. The lowest BCUT2D eigenvalue weighted by Crippen LogP contribution is -2.16. The molecule has 0 radical (unpaired) electrons. The van der Waals surface area contributed by atoms with Crippen LogP contribution in [0, 0.1) is 0 Å². The van der Waals surface area contributed by atoms with E-state index in [1.807, 2.05) is 48.5 Å². The number of rotatable bonds is 2. The molecule has 0 saturated carbocycles. The van der Waals surface area contributed by atoms with Gasteiger partial charge in [-0.15, -0.1) is 0 Å². The van der Waals surface area contributed by atoms with Crippen molar-refractivity contribution in [1.82, 2.24) is 0 Å². The van der Waals surface area contributed by atoms with Crippen molar-refractivity contribution in [3.8, 4) is 5.75 Å². The smallest absolute Gasteiger partial charge is 0.291 e. The summed E-state index contributed by atoms with van der Waals surface area (Å²) in [6.45, 7) is 0. The van der Waals surface area contributed by atoms with Crippen LogP contribution in [0.15, 0.2) is 71.3 Å². The second-order valence-corrected chi connectivity index (χ2v) is 6.67. The SMILES string of the molecule is COc1ccc(/C2=C(\O)C(=O)Nc3cccc4cccc(c34)S2)cc1. The van der Waals surface area contributed by atoms with Crippen LogP contribution in [-0.4, -0.2) is 18.1 Å². The van der Waals surface area contributed by atoms with Gasteiger partial charge in [-0.25, -0.2) is 0 Å². The Labute approximate surface area is 149 Å². The molecule has 124 valence electrons. The van der Waals surface area contributed by atoms with Crippen LogP contribution in [0.4, 0.5) is 5.69 Å². The number of nitrogens with one attached hydrogen (secondary N) is 1. The summed E-state index contributed by atoms with van der Waals surface area (Å²) in [5, 5.41) is 15.3. The molecule has 0 fully saturated rings. The lowest BCUT2D eigenvalue weighted by molar-refractivity contribution is -0.115. The molecule has 0 atom stereocenters. The van der Waals surface area contributed by atoms with Gasteiger partial charge in [0.1, 0.15) is 5.75 Å². The third kappa shape index (κ3) is 2.72. The average molecular weight is 349 g/mol. The Balaban J connectivity index is 1.90. The van der Waals surface area contributed by atoms with Gasteiger partial charge in [-0.05, 0) is 35.2 Å². The first-order valence-electron chi connectivity index (χ1n) is 7.76. The molecule has 25 heavy (non-hydrogen) atoms. The molecular weight excluding hydrogens is 334 g/mol. The van der Waals surface area contributed by atoms with Crippen LogP contribution in [0.5, 0.6) is 5.75 Å². The lowest BCUT2D eigenvalue weighted by atomic mass is 10.1. The van der Waals surface area contributed by atoms with Gasteiger partial charge in [0.2, 0.25) is 0 Å². The Morgan fingerprint density at radius 3 is 2.44 bits per heavy atom. The van der Waals surface area contributed by atoms with Gasteiger partial charge in [0.15, 0.2) is 5.76 Å². The van der Waals surface area contributed by atoms with Crippen molar-refractivity contribution in [2.24, 2.45) is 0 Å². The highest BCUT2D eigenvalue weighted by Gasteiger charge is 2.22. The summed E-state index contributed by atoms with van der Waals surface area (Å²) in [7, 11) is 1.60. The topological polar surface area (TPSA) is 58.6 Å². The maximum Gasteiger partial charge on any atom is 0.291 e. The Hall–Kier alpha value is -2.92. The molecule has 4 nitrogen and oxygen atoms in total. The van der Waals surface area contributed by atoms with Crippen molar-refractivity contribution in [2.75, 3.05) is 12.4 Å². The summed E-state index contributed by atoms with van der Waals surface area (Å²) in [5.41, 5.74) is 1.46. The minimum absolute atomic E-state index is 0.290. The summed E-state index contributed by atoms with van der Waals surface area (Å²) in [5.74, 6) is -0.0847. The van der Waals surface area contributed by atoms with E-state index in [-0.39, 0.29) is 5.76 Å². The van der Waals surface area contributed by atoms with Gasteiger partial charge < -0.3 is 15.2 Å². The molecule has 0 aliphatic carbocycles. The van der Waals surface area contributed by atoms with Crippen LogP contribution < -0.4 is 10.1 Å². The number of amides is 1. The molecule has 0 unspecified atom stereocenters. The van der Waals surface area contributed by atoms with Crippen molar-refractivity contribution in [1.29, 1.82) is 0 Å². The third-order valence-corrected chi connectivity index (χ3v) is 5.30. The predicted octanol–water partition coefficient (Wildman–Crippen LogP) is 4.82. The normalized spacial score (nSPS) is 16.9. The zero-order chi connectivity index (χ0) is 17.4. The van der Waals surface area contributed by atoms with E-state index in [1.165, 1.54) is 11.8 Å². The largest absolute Gasteiger partial charge is 0.502 e. The molecule has 1 heterocycles. The van der Waals surface area contributed by atoms with Gasteiger partial charge in [-0.2, -0.15) is 0 Å². The molecule has 0 aromatic heterocycles. The number of hydrogen-bond acceptors (Lipinski definition) is 4. The van der Waals surface area contributed by atoms with E-state index in [4.69, 9.17) is 4.74 Å². The number of benzene rings is 3. The second kappa shape index (κ2) is 6.18. The van der Waals surface area contributed by atoms with Crippen molar-refractivity contribution in [3.63, 3.8) is 0 Å². The first-order valence-corrected chi connectivity index (χ1v) is 8.57. The predicted molar refractivity (Wildman–Crippen MR) is 101 cm³/mol. The van der Waals surface area contributed by atoms with Crippen LogP contribution in [0.25, 0.3) is 15.7 Å². The summed E-state index contributed by atoms with van der Waals surface area (Å²) in [6.07, 6.45) is 0. The number of carbonyl (C=O) groups is 1. The van der Waals surface area contributed by atoms with E-state index in [2.05, 4.69) is 5.32 Å². The minimum atomic E-state index is -0.514. The molecule has 2 N–H and O–H groups in total. The number of aliphatic hydroxyl groups excluding tert-OH is 1. The molecule has 1 aliphatic heterocycles. The van der Waals surface area contributed by atoms with Crippen LogP contribution in [0.2, 0.25) is 0 Å². The molecule has 5 heteroatoms. The van der Waals surface area contributed by atoms with Gasteiger partial charge in [-0.3, -0.25) is 4.79 Å². The number of hydrogen-bond donors (Lipinski definition) is 2. The average Bonchev–Trinajstić information content (AvgIpc) is 2.65. The summed E-state index contributed by atoms with van der Waals surface area (Å²) < 4.78 is 5.18. The maximum atomic E-state index is 12.5. The zero-order valence-corrected chi connectivity index (χ0v) is 14.3. The first kappa shape index (κ1) is 15.6. The molecule has 0 spiro atoms. The van der Waals surface area contributed by atoms with Crippen LogP contribution in [0.1, 0.15) is 5.56 Å². The Kier molecular flexibility index (Phi) is 3.86. The van der Waals surface area contributed by atoms with Crippen LogP contribution in [0.3, 0.4) is 0 Å². The fourth-order valence-corrected chi connectivity index (χ4v) is 4.02. The number of methoxy groups -OCH3 is 1. The second-order valence-electron chi connectivity index (χ2n) is 5.62. The molecule has 0 bridgehead atoms. The monoisotopic (exact) mass is 349 g/mol. The maximum absolute atomic E-state index is 12.5. The number of carbonyl (C=O) groups excluding carboxylic acids is 1. The van der Waals surface area contributed by atoms with E-state index in [0.717, 1.165) is 27.0 Å². The van der Waals surface area contributed by atoms with E-state index < -0.39 is 5.91 Å². The lowest BCUT2D eigenvalue weighted by Gasteiger charge is -2.18. The zero-order valence-electron chi connectivity index (χ0n) is 13.4. The molecule has 3 aromatic rings. The Morgan fingerprint density at radius 2 is 1.72 bits per heavy atom. The minimum Gasteiger partial charge on any atom is -0.502 e. The van der Waals surface area contributed by atoms with Crippen molar-refractivity contribution >= 4 is 39.0 Å². The summed E-state index contributed by atoms with van der Waals surface area (Å²) in [6, 6.07) is 19.0. The molecular formula is C20H15NO3S. The third-order valence-electron chi connectivity index (χ3n) is 4.11. The van der Waals surface area contributed by atoms with Gasteiger partial charge in [0.25, 0.3) is 5.91 Å². The molecule has 1 amide bonds. The van der Waals surface area contributed by atoms with Crippen molar-refractivity contribution in [3.05, 3.63) is 72.0 Å². The van der Waals surface area contributed by atoms with Gasteiger partial charge >= 0.3 is 0 Å². The highest BCUT2D eigenvalue weighted by Crippen LogP contribution is 2.43. The fourth-order valence-electron chi connectivity index (χ4n) is 2.88. The summed E-state index contributed by atoms with van der Waals surface area (Å²) in [4.78, 5) is 14.0. The van der Waals surface area contributed by atoms with E-state index >= 15 is 0 Å². The fraction of sp³-hybridized carbons (Fsp3) is 0.0500. The van der Waals surface area contributed by atoms with Crippen molar-refractivity contribution < 1.29 is 14.6 Å². The highest BCUT2D eigenvalue weighted by atomic mass is 32.2. The quantitative estimate of drug-likeness (QED) is 0.696. The van der Waals surface area contributed by atoms with Crippen molar-refractivity contribution in [2.45, 2.75) is 4.90 Å². The Morgan fingerprint density at radius 1 is 1.00 bits per heavy atom. The van der Waals surface area contributed by atoms with E-state index in [0.29, 0.717) is 10.6 Å². The molecule has 4 rings (SSSR count). The first-order chi connectivity index (χ1) is 12.2. The standard InChI is InChI=1S/C20H15NO3S/c1-24-14-10-8-13(9-11-14)19-18(22)20(23)21-15-6-2-4-12-5-3-7-16(25-19)17(12)15/h2-11,22H,1H3,(H,21,23)/b19-18+. The number of thioether (sulfide) groups is 1. The van der Waals surface area contributed by atoms with Crippen LogP contribution in [-0.2, 0) is 4.79 Å². The highest BCUT2D eigenvalue weighted by molar-refractivity contribution is 8.08. The van der Waals surface area contributed by atoms with E-state index in [9.17, 15) is 9.90 Å². The number of aliphatic hydroxyl groups is 1. The molecule has 0 saturated heterocycles. The number of anilines is 1. The van der Waals surface area contributed by atoms with Crippen LogP contribution >= 0.6 is 11.8 Å². The van der Waals surface area contributed by atoms with E-state index in [1.54, 1.807) is 19.2 Å². The van der Waals surface area contributed by atoms with Gasteiger partial charge in [0.05, 0.1) is 17.7 Å².